The number of esters is 1. The van der Waals surface area contributed by atoms with Gasteiger partial charge in [-0.25, -0.2) is 4.98 Å². The van der Waals surface area contributed by atoms with E-state index in [1.54, 1.807) is 10.7 Å². The molecule has 3 aromatic heterocycles. The maximum atomic E-state index is 12.6. The molecule has 1 aromatic carbocycles. The zero-order valence-electron chi connectivity index (χ0n) is 17.7. The molecule has 0 amide bonds. The minimum atomic E-state index is -0.445. The highest BCUT2D eigenvalue weighted by atomic mass is 16.5. The second-order valence-electron chi connectivity index (χ2n) is 7.42. The molecule has 31 heavy (non-hydrogen) atoms. The number of nitrogens with two attached hydrogens (primary N) is 1. The number of ketones is 1. The van der Waals surface area contributed by atoms with Crippen LogP contribution in [0.1, 0.15) is 46.2 Å². The average molecular weight is 420 g/mol. The summed E-state index contributed by atoms with van der Waals surface area (Å²) in [6.45, 7) is 5.50. The number of nitrogens with one attached hydrogen (secondary N) is 1. The van der Waals surface area contributed by atoms with Gasteiger partial charge in [0.15, 0.2) is 6.61 Å². The van der Waals surface area contributed by atoms with Crippen molar-refractivity contribution in [1.29, 1.82) is 0 Å². The van der Waals surface area contributed by atoms with Crippen LogP contribution in [0.2, 0.25) is 0 Å². The molecular formula is C22H24N6O3. The fraction of sp³-hybridized carbons (Fsp3) is 0.318. The largest absolute Gasteiger partial charge is 0.457 e. The highest BCUT2D eigenvalue weighted by molar-refractivity contribution is 6.09. The summed E-state index contributed by atoms with van der Waals surface area (Å²) in [5, 5.41) is 4.97. The Balaban J connectivity index is 1.40. The molecule has 0 aliphatic heterocycles. The van der Waals surface area contributed by atoms with Gasteiger partial charge in [0, 0.05) is 40.5 Å². The number of nitrogens with zero attached hydrogens (tertiary/aromatic N) is 4. The third-order valence-corrected chi connectivity index (χ3v) is 5.49. The van der Waals surface area contributed by atoms with E-state index in [1.807, 2.05) is 32.0 Å². The first-order valence-corrected chi connectivity index (χ1v) is 10.1. The number of benzene rings is 1. The number of aromatic amines is 1. The van der Waals surface area contributed by atoms with Crippen molar-refractivity contribution < 1.29 is 14.3 Å². The van der Waals surface area contributed by atoms with Crippen molar-refractivity contribution in [3.05, 3.63) is 52.5 Å². The number of hydrogen-bond donors (Lipinski definition) is 2. The summed E-state index contributed by atoms with van der Waals surface area (Å²) < 4.78 is 6.81. The van der Waals surface area contributed by atoms with Crippen LogP contribution < -0.4 is 5.73 Å². The molecule has 0 unspecified atom stereocenters. The molecule has 9 nitrogen and oxygen atoms in total. The second-order valence-corrected chi connectivity index (χ2v) is 7.42. The van der Waals surface area contributed by atoms with Crippen molar-refractivity contribution in [3.63, 3.8) is 0 Å². The smallest absolute Gasteiger partial charge is 0.306 e. The molecule has 0 bridgehead atoms. The molecule has 4 rings (SSSR count). The van der Waals surface area contributed by atoms with Crippen molar-refractivity contribution in [2.45, 2.75) is 40.0 Å². The first-order valence-electron chi connectivity index (χ1n) is 10.1. The lowest BCUT2D eigenvalue weighted by molar-refractivity contribution is -0.142. The summed E-state index contributed by atoms with van der Waals surface area (Å²) >= 11 is 0. The highest BCUT2D eigenvalue weighted by Crippen LogP contribution is 2.23. The molecule has 160 valence electrons. The second kappa shape index (κ2) is 8.17. The Morgan fingerprint density at radius 3 is 2.81 bits per heavy atom. The Morgan fingerprint density at radius 1 is 1.23 bits per heavy atom. The first kappa shape index (κ1) is 20.5. The number of carbonyl (C=O) groups is 2. The van der Waals surface area contributed by atoms with Crippen molar-refractivity contribution in [2.24, 2.45) is 0 Å². The summed E-state index contributed by atoms with van der Waals surface area (Å²) in [6.07, 6.45) is 3.08. The zero-order chi connectivity index (χ0) is 22.1. The van der Waals surface area contributed by atoms with E-state index in [1.165, 1.54) is 0 Å². The number of aromatic nitrogens is 5. The minimum absolute atomic E-state index is 0.125. The lowest BCUT2D eigenvalue weighted by atomic mass is 10.1. The molecule has 0 saturated carbocycles. The van der Waals surface area contributed by atoms with E-state index in [9.17, 15) is 9.59 Å². The van der Waals surface area contributed by atoms with Gasteiger partial charge in [0.25, 0.3) is 5.78 Å². The monoisotopic (exact) mass is 420 g/mol. The van der Waals surface area contributed by atoms with E-state index < -0.39 is 5.97 Å². The van der Waals surface area contributed by atoms with Gasteiger partial charge in [-0.3, -0.25) is 9.59 Å². The quantitative estimate of drug-likeness (QED) is 0.347. The third-order valence-electron chi connectivity index (χ3n) is 5.49. The predicted octanol–water partition coefficient (Wildman–Crippen LogP) is 2.73. The number of anilines is 1. The number of ether oxygens (including phenoxy) is 1. The van der Waals surface area contributed by atoms with E-state index in [0.717, 1.165) is 39.8 Å². The summed E-state index contributed by atoms with van der Waals surface area (Å²) in [6, 6.07) is 5.85. The Bertz CT molecular complexity index is 1300. The van der Waals surface area contributed by atoms with Crippen LogP contribution in [0, 0.1) is 13.8 Å². The fourth-order valence-electron chi connectivity index (χ4n) is 3.85. The standard InChI is InChI=1S/C22H24N6O3/c1-4-14-6-5-7-16-17(10-24-20(14)16)18(29)11-31-19(30)9-8-15-12(2)25-22-26-21(23)27-28(22)13(15)3/h5-7,10,24H,4,8-9,11H2,1-3H3,(H2,23,27). The van der Waals surface area contributed by atoms with Crippen LogP contribution in [0.5, 0.6) is 0 Å². The van der Waals surface area contributed by atoms with Gasteiger partial charge in [0.05, 0.1) is 0 Å². The van der Waals surface area contributed by atoms with E-state index >= 15 is 0 Å². The molecule has 0 radical (unpaired) electrons. The van der Waals surface area contributed by atoms with Gasteiger partial charge >= 0.3 is 5.97 Å². The minimum Gasteiger partial charge on any atom is -0.457 e. The number of carbonyl (C=O) groups excluding carboxylic acids is 2. The van der Waals surface area contributed by atoms with Gasteiger partial charge in [-0.1, -0.05) is 25.1 Å². The summed E-state index contributed by atoms with van der Waals surface area (Å²) in [7, 11) is 0. The molecule has 0 atom stereocenters. The van der Waals surface area contributed by atoms with Crippen LogP contribution in [0.4, 0.5) is 5.95 Å². The number of aryl methyl sites for hydroxylation is 3. The molecule has 0 saturated heterocycles. The topological polar surface area (TPSA) is 128 Å². The van der Waals surface area contributed by atoms with Crippen molar-refractivity contribution in [2.75, 3.05) is 12.3 Å². The summed E-state index contributed by atoms with van der Waals surface area (Å²) in [4.78, 5) is 36.5. The predicted molar refractivity (Wildman–Crippen MR) is 116 cm³/mol. The molecule has 3 N–H and O–H groups in total. The van der Waals surface area contributed by atoms with Gasteiger partial charge in [-0.15, -0.1) is 5.10 Å². The van der Waals surface area contributed by atoms with Crippen molar-refractivity contribution in [1.82, 2.24) is 24.6 Å². The molecule has 0 aliphatic carbocycles. The van der Waals surface area contributed by atoms with Gasteiger partial charge in [-0.05, 0) is 37.8 Å². The average Bonchev–Trinajstić information content (AvgIpc) is 3.34. The van der Waals surface area contributed by atoms with E-state index in [4.69, 9.17) is 10.5 Å². The lowest BCUT2D eigenvalue weighted by Gasteiger charge is -2.10. The van der Waals surface area contributed by atoms with Gasteiger partial charge < -0.3 is 15.5 Å². The molecule has 0 fully saturated rings. The maximum Gasteiger partial charge on any atom is 0.306 e. The van der Waals surface area contributed by atoms with E-state index in [2.05, 4.69) is 27.0 Å². The zero-order valence-corrected chi connectivity index (χ0v) is 17.7. The van der Waals surface area contributed by atoms with E-state index in [-0.39, 0.29) is 24.8 Å². The first-order chi connectivity index (χ1) is 14.9. The summed E-state index contributed by atoms with van der Waals surface area (Å²) in [5.74, 6) is -0.108. The SMILES string of the molecule is CCc1cccc2c(C(=O)COC(=O)CCc3c(C)nc4nc(N)nn4c3C)c[nH]c12. The number of para-hydroxylation sites is 1. The molecule has 0 aliphatic rings. The molecular weight excluding hydrogens is 396 g/mol. The Kier molecular flexibility index (Phi) is 5.41. The van der Waals surface area contributed by atoms with Crippen LogP contribution in [-0.2, 0) is 22.4 Å². The number of nitrogen functional groups attached to an aromatic ring is 1. The van der Waals surface area contributed by atoms with Crippen LogP contribution >= 0.6 is 0 Å². The fourth-order valence-corrected chi connectivity index (χ4v) is 3.85. The van der Waals surface area contributed by atoms with E-state index in [0.29, 0.717) is 17.8 Å². The number of fused-ring (bicyclic) bond motifs is 2. The Hall–Kier alpha value is -3.75. The van der Waals surface area contributed by atoms with Crippen LogP contribution in [0.25, 0.3) is 16.7 Å². The Morgan fingerprint density at radius 2 is 2.03 bits per heavy atom. The number of Topliss-reactive ketones (excluding diaryl/α,β-unsaturated/α-hetero) is 1. The molecule has 0 spiro atoms. The van der Waals surface area contributed by atoms with Gasteiger partial charge in [0.2, 0.25) is 11.7 Å². The van der Waals surface area contributed by atoms with Crippen molar-refractivity contribution >= 4 is 34.4 Å². The van der Waals surface area contributed by atoms with Gasteiger partial charge in [0.1, 0.15) is 0 Å². The molecule has 4 aromatic rings. The number of H-pyrrole nitrogens is 1. The normalized spacial score (nSPS) is 11.3. The van der Waals surface area contributed by atoms with Crippen LogP contribution in [0.3, 0.4) is 0 Å². The van der Waals surface area contributed by atoms with Gasteiger partial charge in [-0.2, -0.15) is 9.50 Å². The lowest BCUT2D eigenvalue weighted by Crippen LogP contribution is -2.15. The van der Waals surface area contributed by atoms with Crippen LogP contribution in [-0.4, -0.2) is 42.9 Å². The highest BCUT2D eigenvalue weighted by Gasteiger charge is 2.17. The number of rotatable bonds is 7. The molecule has 3 heterocycles. The third kappa shape index (κ3) is 3.86. The maximum absolute atomic E-state index is 12.6. The van der Waals surface area contributed by atoms with Crippen LogP contribution in [0.15, 0.2) is 24.4 Å². The molecule has 9 heteroatoms. The summed E-state index contributed by atoms with van der Waals surface area (Å²) in [5.41, 5.74) is 10.7. The Labute approximate surface area is 178 Å². The van der Waals surface area contributed by atoms with Crippen molar-refractivity contribution in [3.8, 4) is 0 Å². The number of hydrogen-bond acceptors (Lipinski definition) is 7.